The molecule has 5 heteroatoms. The van der Waals surface area contributed by atoms with Gasteiger partial charge in [0.15, 0.2) is 0 Å². The van der Waals surface area contributed by atoms with Crippen molar-refractivity contribution in [2.24, 2.45) is 0 Å². The molecular formula is C9H12N4S. The van der Waals surface area contributed by atoms with E-state index >= 15 is 0 Å². The summed E-state index contributed by atoms with van der Waals surface area (Å²) in [6.45, 7) is 2.91. The number of hydrogen-bond acceptors (Lipinski definition) is 4. The topological polar surface area (TPSA) is 53.6 Å². The molecule has 0 fully saturated rings. The normalized spacial score (nSPS) is 12.9. The molecule has 2 N–H and O–H groups in total. The summed E-state index contributed by atoms with van der Waals surface area (Å²) in [5, 5.41) is 12.1. The molecule has 0 saturated carbocycles. The van der Waals surface area contributed by atoms with Crippen molar-refractivity contribution in [3.63, 3.8) is 0 Å². The van der Waals surface area contributed by atoms with Gasteiger partial charge in [0.2, 0.25) is 0 Å². The largest absolute Gasteiger partial charge is 0.304 e. The van der Waals surface area contributed by atoms with Crippen LogP contribution in [0.5, 0.6) is 0 Å². The van der Waals surface area contributed by atoms with E-state index in [1.165, 1.54) is 5.56 Å². The highest BCUT2D eigenvalue weighted by Crippen LogP contribution is 2.10. The van der Waals surface area contributed by atoms with Gasteiger partial charge in [-0.25, -0.2) is 4.98 Å². The van der Waals surface area contributed by atoms with Crippen molar-refractivity contribution < 1.29 is 0 Å². The van der Waals surface area contributed by atoms with Gasteiger partial charge in [0.05, 0.1) is 17.4 Å². The van der Waals surface area contributed by atoms with Gasteiger partial charge in [-0.2, -0.15) is 5.10 Å². The van der Waals surface area contributed by atoms with Gasteiger partial charge in [-0.15, -0.1) is 11.3 Å². The summed E-state index contributed by atoms with van der Waals surface area (Å²) in [6, 6.07) is 0.301. The molecule has 2 aromatic heterocycles. The van der Waals surface area contributed by atoms with E-state index in [0.29, 0.717) is 6.04 Å². The maximum atomic E-state index is 4.20. The molecule has 0 radical (unpaired) electrons. The molecule has 0 amide bonds. The summed E-state index contributed by atoms with van der Waals surface area (Å²) in [6.07, 6.45) is 3.73. The Hall–Kier alpha value is -1.20. The molecule has 0 bridgehead atoms. The second kappa shape index (κ2) is 4.34. The maximum Gasteiger partial charge on any atom is 0.0795 e. The van der Waals surface area contributed by atoms with Gasteiger partial charge < -0.3 is 5.32 Å². The fourth-order valence-corrected chi connectivity index (χ4v) is 1.76. The molecule has 2 rings (SSSR count). The Bertz CT molecular complexity index is 354. The van der Waals surface area contributed by atoms with Crippen molar-refractivity contribution in [3.05, 3.63) is 34.5 Å². The van der Waals surface area contributed by atoms with Crippen molar-refractivity contribution in [1.29, 1.82) is 0 Å². The van der Waals surface area contributed by atoms with Crippen LogP contribution in [-0.4, -0.2) is 15.2 Å². The number of aromatic nitrogens is 3. The third-order valence-electron chi connectivity index (χ3n) is 2.09. The molecule has 0 aliphatic heterocycles. The predicted octanol–water partition coefficient (Wildman–Crippen LogP) is 1.72. The molecule has 2 heterocycles. The first-order valence-electron chi connectivity index (χ1n) is 4.45. The van der Waals surface area contributed by atoms with Crippen LogP contribution in [0.3, 0.4) is 0 Å². The van der Waals surface area contributed by atoms with Crippen LogP contribution in [0.2, 0.25) is 0 Å². The lowest BCUT2D eigenvalue weighted by atomic mass is 10.2. The summed E-state index contributed by atoms with van der Waals surface area (Å²) in [5.41, 5.74) is 4.10. The van der Waals surface area contributed by atoms with Gasteiger partial charge in [0.1, 0.15) is 0 Å². The van der Waals surface area contributed by atoms with Gasteiger partial charge in [0.25, 0.3) is 0 Å². The molecule has 0 spiro atoms. The highest BCUT2D eigenvalue weighted by Gasteiger charge is 2.05. The molecule has 0 saturated heterocycles. The zero-order chi connectivity index (χ0) is 9.80. The van der Waals surface area contributed by atoms with E-state index in [-0.39, 0.29) is 0 Å². The van der Waals surface area contributed by atoms with Crippen LogP contribution in [0.25, 0.3) is 0 Å². The number of hydrogen-bond donors (Lipinski definition) is 2. The first-order valence-corrected chi connectivity index (χ1v) is 5.39. The standard InChI is InChI=1S/C9H12N4S/c1-7(8-2-12-13-3-8)10-4-9-5-14-6-11-9/h2-3,5-7,10H,4H2,1H3,(H,12,13). The van der Waals surface area contributed by atoms with E-state index in [1.807, 2.05) is 17.9 Å². The van der Waals surface area contributed by atoms with Gasteiger partial charge in [-0.05, 0) is 6.92 Å². The second-order valence-electron chi connectivity index (χ2n) is 3.11. The Morgan fingerprint density at radius 3 is 3.21 bits per heavy atom. The van der Waals surface area contributed by atoms with Crippen LogP contribution in [-0.2, 0) is 6.54 Å². The predicted molar refractivity (Wildman–Crippen MR) is 56.0 cm³/mol. The van der Waals surface area contributed by atoms with Crippen molar-refractivity contribution in [1.82, 2.24) is 20.5 Å². The summed E-state index contributed by atoms with van der Waals surface area (Å²) in [5.74, 6) is 0. The van der Waals surface area contributed by atoms with E-state index in [9.17, 15) is 0 Å². The minimum Gasteiger partial charge on any atom is -0.304 e. The first-order chi connectivity index (χ1) is 6.86. The van der Waals surface area contributed by atoms with Gasteiger partial charge in [-0.1, -0.05) is 0 Å². The zero-order valence-electron chi connectivity index (χ0n) is 7.90. The average Bonchev–Trinajstić information content (AvgIpc) is 2.87. The van der Waals surface area contributed by atoms with E-state index < -0.39 is 0 Å². The maximum absolute atomic E-state index is 4.20. The van der Waals surface area contributed by atoms with Gasteiger partial charge in [-0.3, -0.25) is 5.10 Å². The molecule has 1 unspecified atom stereocenters. The van der Waals surface area contributed by atoms with Crippen LogP contribution in [0.1, 0.15) is 24.2 Å². The fourth-order valence-electron chi connectivity index (χ4n) is 1.20. The number of nitrogens with zero attached hydrogens (tertiary/aromatic N) is 2. The molecule has 4 nitrogen and oxygen atoms in total. The summed E-state index contributed by atoms with van der Waals surface area (Å²) in [4.78, 5) is 4.20. The molecule has 0 aliphatic rings. The number of aromatic amines is 1. The van der Waals surface area contributed by atoms with Crippen LogP contribution in [0, 0.1) is 0 Å². The van der Waals surface area contributed by atoms with Crippen molar-refractivity contribution in [2.45, 2.75) is 19.5 Å². The fraction of sp³-hybridized carbons (Fsp3) is 0.333. The highest BCUT2D eigenvalue weighted by atomic mass is 32.1. The lowest BCUT2D eigenvalue weighted by Crippen LogP contribution is -2.17. The summed E-state index contributed by atoms with van der Waals surface area (Å²) in [7, 11) is 0. The lowest BCUT2D eigenvalue weighted by Gasteiger charge is -2.09. The third kappa shape index (κ3) is 2.18. The van der Waals surface area contributed by atoms with E-state index in [1.54, 1.807) is 11.3 Å². The molecule has 0 aliphatic carbocycles. The average molecular weight is 208 g/mol. The van der Waals surface area contributed by atoms with Crippen molar-refractivity contribution >= 4 is 11.3 Å². The lowest BCUT2D eigenvalue weighted by molar-refractivity contribution is 0.569. The first kappa shape index (κ1) is 9.36. The Morgan fingerprint density at radius 1 is 1.64 bits per heavy atom. The van der Waals surface area contributed by atoms with Crippen LogP contribution < -0.4 is 5.32 Å². The monoisotopic (exact) mass is 208 g/mol. The molecule has 2 aromatic rings. The Balaban J connectivity index is 1.87. The Morgan fingerprint density at radius 2 is 2.57 bits per heavy atom. The third-order valence-corrected chi connectivity index (χ3v) is 2.73. The number of thiazole rings is 1. The van der Waals surface area contributed by atoms with E-state index in [4.69, 9.17) is 0 Å². The Labute approximate surface area is 86.4 Å². The summed E-state index contributed by atoms with van der Waals surface area (Å²) >= 11 is 1.62. The van der Waals surface area contributed by atoms with Gasteiger partial charge >= 0.3 is 0 Å². The van der Waals surface area contributed by atoms with E-state index in [2.05, 4.69) is 32.8 Å². The Kier molecular flexibility index (Phi) is 2.90. The number of H-pyrrole nitrogens is 1. The number of rotatable bonds is 4. The van der Waals surface area contributed by atoms with Crippen LogP contribution in [0.4, 0.5) is 0 Å². The van der Waals surface area contributed by atoms with Crippen LogP contribution in [0.15, 0.2) is 23.3 Å². The molecule has 74 valence electrons. The highest BCUT2D eigenvalue weighted by molar-refractivity contribution is 7.07. The molecular weight excluding hydrogens is 196 g/mol. The molecule has 1 atom stereocenters. The van der Waals surface area contributed by atoms with Crippen LogP contribution >= 0.6 is 11.3 Å². The smallest absolute Gasteiger partial charge is 0.0795 e. The minimum atomic E-state index is 0.301. The second-order valence-corrected chi connectivity index (χ2v) is 3.83. The number of nitrogens with one attached hydrogen (secondary N) is 2. The zero-order valence-corrected chi connectivity index (χ0v) is 8.71. The van der Waals surface area contributed by atoms with E-state index in [0.717, 1.165) is 12.2 Å². The van der Waals surface area contributed by atoms with Crippen molar-refractivity contribution in [2.75, 3.05) is 0 Å². The quantitative estimate of drug-likeness (QED) is 0.804. The minimum absolute atomic E-state index is 0.301. The van der Waals surface area contributed by atoms with Gasteiger partial charge in [0, 0.05) is 29.7 Å². The summed E-state index contributed by atoms with van der Waals surface area (Å²) < 4.78 is 0. The molecule has 0 aromatic carbocycles. The molecule has 14 heavy (non-hydrogen) atoms. The van der Waals surface area contributed by atoms with Crippen molar-refractivity contribution in [3.8, 4) is 0 Å². The SMILES string of the molecule is CC(NCc1cscn1)c1cn[nH]c1.